The maximum Gasteiger partial charge on any atom is 0.261 e. The molecule has 0 saturated heterocycles. The number of hydrogen-bond acceptors (Lipinski definition) is 4. The van der Waals surface area contributed by atoms with Gasteiger partial charge in [-0.2, -0.15) is 0 Å². The summed E-state index contributed by atoms with van der Waals surface area (Å²) in [7, 11) is 0. The molecular weight excluding hydrogens is 487 g/mol. The number of guanidine groups is 1. The number of aliphatic imine (C=N–C) groups is 1. The van der Waals surface area contributed by atoms with Gasteiger partial charge in [-0.3, -0.25) is 4.79 Å². The van der Waals surface area contributed by atoms with Gasteiger partial charge in [-0.05, 0) is 37.3 Å². The van der Waals surface area contributed by atoms with Crippen molar-refractivity contribution in [1.82, 2.24) is 16.0 Å². The van der Waals surface area contributed by atoms with E-state index >= 15 is 0 Å². The van der Waals surface area contributed by atoms with Crippen molar-refractivity contribution < 1.29 is 9.90 Å². The van der Waals surface area contributed by atoms with Gasteiger partial charge >= 0.3 is 0 Å². The molecule has 1 atom stereocenters. The Morgan fingerprint density at radius 2 is 1.82 bits per heavy atom. The maximum absolute atomic E-state index is 11.9. The van der Waals surface area contributed by atoms with Gasteiger partial charge in [0.25, 0.3) is 5.91 Å². The van der Waals surface area contributed by atoms with E-state index in [0.29, 0.717) is 19.0 Å². The van der Waals surface area contributed by atoms with Gasteiger partial charge in [0.15, 0.2) is 5.96 Å². The van der Waals surface area contributed by atoms with Gasteiger partial charge < -0.3 is 21.1 Å². The van der Waals surface area contributed by atoms with Crippen LogP contribution in [0.25, 0.3) is 0 Å². The summed E-state index contributed by atoms with van der Waals surface area (Å²) in [6, 6.07) is 13.2. The number of aliphatic hydroxyl groups is 1. The fourth-order valence-electron chi connectivity index (χ4n) is 2.46. The van der Waals surface area contributed by atoms with E-state index < -0.39 is 5.60 Å². The average molecular weight is 516 g/mol. The second kappa shape index (κ2) is 12.7. The van der Waals surface area contributed by atoms with E-state index in [1.54, 1.807) is 6.92 Å². The molecule has 154 valence electrons. The first-order valence-electron chi connectivity index (χ1n) is 9.14. The number of halogens is 1. The van der Waals surface area contributed by atoms with Gasteiger partial charge in [-0.15, -0.1) is 35.3 Å². The summed E-state index contributed by atoms with van der Waals surface area (Å²) in [5.74, 6) is 0.614. The summed E-state index contributed by atoms with van der Waals surface area (Å²) in [6.07, 6.45) is 0.774. The molecule has 0 bridgehead atoms. The molecule has 0 fully saturated rings. The summed E-state index contributed by atoms with van der Waals surface area (Å²) in [5, 5.41) is 21.8. The molecule has 8 heteroatoms. The van der Waals surface area contributed by atoms with Gasteiger partial charge in [0.05, 0.1) is 11.4 Å². The molecule has 1 aromatic carbocycles. The molecule has 2 rings (SSSR count). The molecule has 1 aromatic heterocycles. The number of carbonyl (C=O) groups is 1. The van der Waals surface area contributed by atoms with E-state index in [-0.39, 0.29) is 36.4 Å². The fraction of sp³-hybridized carbons (Fsp3) is 0.400. The fourth-order valence-corrected chi connectivity index (χ4v) is 3.10. The quantitative estimate of drug-likeness (QED) is 0.179. The molecule has 0 radical (unpaired) electrons. The zero-order valence-corrected chi connectivity index (χ0v) is 19.4. The largest absolute Gasteiger partial charge is 0.384 e. The summed E-state index contributed by atoms with van der Waals surface area (Å²) < 4.78 is 0. The van der Waals surface area contributed by atoms with Crippen molar-refractivity contribution in [2.75, 3.05) is 26.2 Å². The Hall–Kier alpha value is -1.65. The Morgan fingerprint density at radius 3 is 2.46 bits per heavy atom. The molecule has 4 N–H and O–H groups in total. The SMILES string of the molecule is CCNC(=NCC(C)(O)c1ccccc1)NCCCNC(=O)c1cccs1.I. The van der Waals surface area contributed by atoms with Crippen LogP contribution in [0, 0.1) is 0 Å². The topological polar surface area (TPSA) is 85.8 Å². The molecule has 0 saturated carbocycles. The summed E-state index contributed by atoms with van der Waals surface area (Å²) in [4.78, 5) is 17.1. The Kier molecular flexibility index (Phi) is 11.1. The second-order valence-electron chi connectivity index (χ2n) is 6.35. The van der Waals surface area contributed by atoms with Crippen molar-refractivity contribution in [3.8, 4) is 0 Å². The van der Waals surface area contributed by atoms with Crippen LogP contribution in [0.4, 0.5) is 0 Å². The molecule has 2 aromatic rings. The molecule has 28 heavy (non-hydrogen) atoms. The number of rotatable bonds is 9. The van der Waals surface area contributed by atoms with Crippen LogP contribution in [0.1, 0.15) is 35.5 Å². The summed E-state index contributed by atoms with van der Waals surface area (Å²) in [5.41, 5.74) is -0.195. The van der Waals surface area contributed by atoms with Gasteiger partial charge in [-0.1, -0.05) is 36.4 Å². The summed E-state index contributed by atoms with van der Waals surface area (Å²) >= 11 is 1.43. The van der Waals surface area contributed by atoms with Crippen molar-refractivity contribution in [2.24, 2.45) is 4.99 Å². The third kappa shape index (κ3) is 8.15. The van der Waals surface area contributed by atoms with Gasteiger partial charge in [0.1, 0.15) is 5.60 Å². The highest BCUT2D eigenvalue weighted by atomic mass is 127. The van der Waals surface area contributed by atoms with E-state index in [1.165, 1.54) is 11.3 Å². The lowest BCUT2D eigenvalue weighted by Gasteiger charge is -2.22. The lowest BCUT2D eigenvalue weighted by atomic mass is 9.96. The standard InChI is InChI=1S/C20H28N4O2S.HI/c1-3-21-19(24-15-20(2,26)16-9-5-4-6-10-16)23-13-8-12-22-18(25)17-11-7-14-27-17;/h4-7,9-11,14,26H,3,8,12-13,15H2,1-2H3,(H,22,25)(H2,21,23,24);1H. The molecule has 1 amide bonds. The monoisotopic (exact) mass is 516 g/mol. The molecule has 0 aliphatic carbocycles. The minimum absolute atomic E-state index is 0. The number of carbonyl (C=O) groups excluding carboxylic acids is 1. The first-order chi connectivity index (χ1) is 13.0. The Balaban J connectivity index is 0.00000392. The average Bonchev–Trinajstić information content (AvgIpc) is 3.21. The van der Waals surface area contributed by atoms with Crippen LogP contribution in [0.3, 0.4) is 0 Å². The zero-order valence-electron chi connectivity index (χ0n) is 16.3. The van der Waals surface area contributed by atoms with E-state index in [1.807, 2.05) is 54.8 Å². The van der Waals surface area contributed by atoms with Crippen LogP contribution in [-0.2, 0) is 5.60 Å². The van der Waals surface area contributed by atoms with Crippen LogP contribution < -0.4 is 16.0 Å². The molecule has 0 aliphatic heterocycles. The highest BCUT2D eigenvalue weighted by Crippen LogP contribution is 2.20. The molecule has 1 unspecified atom stereocenters. The third-order valence-electron chi connectivity index (χ3n) is 3.96. The Morgan fingerprint density at radius 1 is 1.11 bits per heavy atom. The van der Waals surface area contributed by atoms with Crippen molar-refractivity contribution >= 4 is 47.2 Å². The van der Waals surface area contributed by atoms with Crippen LogP contribution in [0.15, 0.2) is 52.8 Å². The number of nitrogens with one attached hydrogen (secondary N) is 3. The van der Waals surface area contributed by atoms with E-state index in [2.05, 4.69) is 20.9 Å². The predicted molar refractivity (Wildman–Crippen MR) is 127 cm³/mol. The molecule has 0 spiro atoms. The number of nitrogens with zero attached hydrogens (tertiary/aromatic N) is 1. The molecular formula is C20H29IN4O2S. The smallest absolute Gasteiger partial charge is 0.261 e. The van der Waals surface area contributed by atoms with Gasteiger partial charge in [-0.25, -0.2) is 4.99 Å². The van der Waals surface area contributed by atoms with E-state index in [0.717, 1.165) is 23.4 Å². The normalized spacial score (nSPS) is 13.2. The van der Waals surface area contributed by atoms with Crippen molar-refractivity contribution in [2.45, 2.75) is 25.9 Å². The second-order valence-corrected chi connectivity index (χ2v) is 7.30. The lowest BCUT2D eigenvalue weighted by Crippen LogP contribution is -2.40. The maximum atomic E-state index is 11.9. The van der Waals surface area contributed by atoms with Crippen molar-refractivity contribution in [3.05, 3.63) is 58.3 Å². The van der Waals surface area contributed by atoms with Crippen LogP contribution in [-0.4, -0.2) is 43.2 Å². The lowest BCUT2D eigenvalue weighted by molar-refractivity contribution is 0.0672. The Labute approximate surface area is 187 Å². The molecule has 6 nitrogen and oxygen atoms in total. The van der Waals surface area contributed by atoms with Gasteiger partial charge in [0, 0.05) is 19.6 Å². The first-order valence-corrected chi connectivity index (χ1v) is 10.0. The third-order valence-corrected chi connectivity index (χ3v) is 4.83. The number of hydrogen-bond donors (Lipinski definition) is 4. The minimum atomic E-state index is -1.03. The Bertz CT molecular complexity index is 721. The molecule has 0 aliphatic rings. The van der Waals surface area contributed by atoms with Crippen LogP contribution in [0.2, 0.25) is 0 Å². The number of amides is 1. The van der Waals surface area contributed by atoms with Crippen molar-refractivity contribution in [1.29, 1.82) is 0 Å². The highest BCUT2D eigenvalue weighted by molar-refractivity contribution is 14.0. The first kappa shape index (κ1) is 24.4. The summed E-state index contributed by atoms with van der Waals surface area (Å²) in [6.45, 7) is 5.99. The molecule has 1 heterocycles. The van der Waals surface area contributed by atoms with Crippen molar-refractivity contribution in [3.63, 3.8) is 0 Å². The minimum Gasteiger partial charge on any atom is -0.384 e. The van der Waals surface area contributed by atoms with Gasteiger partial charge in [0.2, 0.25) is 0 Å². The van der Waals surface area contributed by atoms with Crippen LogP contribution >= 0.6 is 35.3 Å². The highest BCUT2D eigenvalue weighted by Gasteiger charge is 2.22. The van der Waals surface area contributed by atoms with Crippen LogP contribution in [0.5, 0.6) is 0 Å². The zero-order chi connectivity index (χ0) is 19.5. The number of thiophene rings is 1. The van der Waals surface area contributed by atoms with E-state index in [9.17, 15) is 9.90 Å². The number of benzene rings is 1. The van der Waals surface area contributed by atoms with E-state index in [4.69, 9.17) is 0 Å². The predicted octanol–water partition coefficient (Wildman–Crippen LogP) is 2.95.